The summed E-state index contributed by atoms with van der Waals surface area (Å²) < 4.78 is 92.4. The van der Waals surface area contributed by atoms with E-state index in [2.05, 4.69) is 45.0 Å². The first-order chi connectivity index (χ1) is 40.3. The van der Waals surface area contributed by atoms with Crippen LogP contribution in [-0.4, -0.2) is 207 Å². The summed E-state index contributed by atoms with van der Waals surface area (Å²) in [4.78, 5) is 70.0. The molecule has 0 aliphatic heterocycles. The van der Waals surface area contributed by atoms with E-state index in [4.69, 9.17) is 88.3 Å². The Kier molecular flexibility index (Phi) is 27.6. The van der Waals surface area contributed by atoms with Gasteiger partial charge in [0.2, 0.25) is 11.6 Å². The van der Waals surface area contributed by atoms with E-state index in [-0.39, 0.29) is 113 Å². The van der Waals surface area contributed by atoms with Crippen molar-refractivity contribution in [3.05, 3.63) is 66.5 Å². The molecule has 5 rings (SSSR count). The van der Waals surface area contributed by atoms with Gasteiger partial charge in [0.1, 0.15) is 32.1 Å². The van der Waals surface area contributed by atoms with Gasteiger partial charge in [-0.2, -0.15) is 18.1 Å². The van der Waals surface area contributed by atoms with E-state index in [1.165, 1.54) is 69.7 Å². The fraction of sp³-hybridized carbons (Fsp3) is 0.478. The van der Waals surface area contributed by atoms with Crippen LogP contribution in [0.25, 0.3) is 22.9 Å². The van der Waals surface area contributed by atoms with Crippen LogP contribution in [0.5, 0.6) is 23.1 Å². The molecule has 462 valence electrons. The number of pyridine rings is 2. The molecule has 0 aliphatic rings. The zero-order valence-corrected chi connectivity index (χ0v) is 46.4. The normalized spacial score (nSPS) is 12.3. The van der Waals surface area contributed by atoms with Gasteiger partial charge < -0.3 is 52.1 Å². The summed E-state index contributed by atoms with van der Waals surface area (Å²) in [6.45, 7) is 3.19. The molecule has 4 aromatic heterocycles. The fourth-order valence-electron chi connectivity index (χ4n) is 6.65. The van der Waals surface area contributed by atoms with Crippen LogP contribution < -0.4 is 18.5 Å². The molecule has 0 fully saturated rings. The number of ether oxygens (including phenoxy) is 11. The molecular formula is C46H62N12O25S. The number of aromatic nitrogens is 8. The van der Waals surface area contributed by atoms with Crippen molar-refractivity contribution in [3.8, 4) is 46.0 Å². The largest absolute Gasteiger partial charge is 0.510 e. The number of anilines is 1. The number of hydrogen-bond donors (Lipinski definition) is 6. The van der Waals surface area contributed by atoms with Gasteiger partial charge in [-0.05, 0) is 78.9 Å². The Hall–Kier alpha value is -7.93. The molecule has 0 aliphatic carbocycles. The Labute approximate surface area is 477 Å². The van der Waals surface area contributed by atoms with Crippen molar-refractivity contribution in [3.63, 3.8) is 0 Å². The number of sulfonamides is 1. The molecular weight excluding hydrogens is 1150 g/mol. The van der Waals surface area contributed by atoms with Gasteiger partial charge in [-0.3, -0.25) is 41.1 Å². The monoisotopic (exact) mass is 1210 g/mol. The van der Waals surface area contributed by atoms with Gasteiger partial charge in [-0.1, -0.05) is 32.0 Å². The summed E-state index contributed by atoms with van der Waals surface area (Å²) in [5.41, 5.74) is 0.728. The van der Waals surface area contributed by atoms with Crippen molar-refractivity contribution in [2.45, 2.75) is 63.9 Å². The second kappa shape index (κ2) is 34.6. The maximum atomic E-state index is 15.3. The maximum absolute atomic E-state index is 15.3. The van der Waals surface area contributed by atoms with Gasteiger partial charge in [-0.25, -0.2) is 38.3 Å². The Morgan fingerprint density at radius 1 is 0.655 bits per heavy atom. The smallest absolute Gasteiger partial charge is 0.493 e. The van der Waals surface area contributed by atoms with Gasteiger partial charge in [0, 0.05) is 18.0 Å². The van der Waals surface area contributed by atoms with E-state index in [1.807, 2.05) is 13.8 Å². The SMILES string of the molecule is COc1ccccc1Oc1c(OCCOC(=O)OCCCCON(O)O)nc(-c2ccnc(-c3nnnn3C(C)OC(=O)OCCOCCON(O)O)c2)nc1N(C(C)OC(=O)OCCOCCON(O)O)S(=O)(=O)c1ccc(C(C)C)cn1. The van der Waals surface area contributed by atoms with Gasteiger partial charge in [0.05, 0.1) is 76.1 Å². The van der Waals surface area contributed by atoms with Gasteiger partial charge in [0.15, 0.2) is 40.6 Å². The van der Waals surface area contributed by atoms with Gasteiger partial charge >= 0.3 is 18.5 Å². The highest BCUT2D eigenvalue weighted by molar-refractivity contribution is 7.92. The number of carbonyl (C=O) groups is 3. The van der Waals surface area contributed by atoms with Crippen molar-refractivity contribution >= 4 is 34.3 Å². The predicted molar refractivity (Wildman–Crippen MR) is 270 cm³/mol. The Balaban J connectivity index is 1.60. The zero-order valence-electron chi connectivity index (χ0n) is 45.6. The number of tetrazole rings is 1. The third-order valence-electron chi connectivity index (χ3n) is 10.5. The molecule has 0 saturated heterocycles. The highest BCUT2D eigenvalue weighted by Crippen LogP contribution is 2.45. The van der Waals surface area contributed by atoms with E-state index >= 15 is 8.42 Å². The van der Waals surface area contributed by atoms with E-state index in [0.29, 0.717) is 9.87 Å². The fourth-order valence-corrected chi connectivity index (χ4v) is 8.06. The Morgan fingerprint density at radius 3 is 1.88 bits per heavy atom. The quantitative estimate of drug-likeness (QED) is 0.0106. The number of para-hydroxylation sites is 2. The number of rotatable bonds is 37. The Bertz CT molecular complexity index is 2930. The minimum Gasteiger partial charge on any atom is -0.493 e. The highest BCUT2D eigenvalue weighted by atomic mass is 32.2. The van der Waals surface area contributed by atoms with Crippen molar-refractivity contribution in [1.29, 1.82) is 0 Å². The predicted octanol–water partition coefficient (Wildman–Crippen LogP) is 4.26. The molecule has 2 unspecified atom stereocenters. The van der Waals surface area contributed by atoms with Crippen LogP contribution in [-0.2, 0) is 62.4 Å². The third-order valence-corrected chi connectivity index (χ3v) is 12.2. The molecule has 0 spiro atoms. The summed E-state index contributed by atoms with van der Waals surface area (Å²) >= 11 is 0. The second-order valence-electron chi connectivity index (χ2n) is 16.6. The lowest BCUT2D eigenvalue weighted by atomic mass is 10.1. The van der Waals surface area contributed by atoms with E-state index in [0.717, 1.165) is 4.68 Å². The molecule has 6 N–H and O–H groups in total. The maximum Gasteiger partial charge on any atom is 0.510 e. The Morgan fingerprint density at radius 2 is 1.25 bits per heavy atom. The van der Waals surface area contributed by atoms with E-state index in [1.54, 1.807) is 12.1 Å². The molecule has 0 bridgehead atoms. The highest BCUT2D eigenvalue weighted by Gasteiger charge is 2.39. The molecule has 0 saturated carbocycles. The zero-order chi connectivity index (χ0) is 61.0. The molecule has 84 heavy (non-hydrogen) atoms. The van der Waals surface area contributed by atoms with Crippen LogP contribution in [0.15, 0.2) is 66.0 Å². The summed E-state index contributed by atoms with van der Waals surface area (Å²) in [5, 5.41) is 61.8. The molecule has 38 heteroatoms. The summed E-state index contributed by atoms with van der Waals surface area (Å²) in [6.07, 6.45) is -3.68. The van der Waals surface area contributed by atoms with Crippen molar-refractivity contribution in [2.75, 3.05) is 90.7 Å². The molecule has 37 nitrogen and oxygen atoms in total. The van der Waals surface area contributed by atoms with Crippen LogP contribution in [0.1, 0.15) is 58.2 Å². The van der Waals surface area contributed by atoms with E-state index in [9.17, 15) is 14.4 Å². The van der Waals surface area contributed by atoms with Gasteiger partial charge in [-0.15, -0.1) is 5.10 Å². The van der Waals surface area contributed by atoms with Crippen LogP contribution in [0.2, 0.25) is 0 Å². The number of nitrogens with zero attached hydrogens (tertiary/aromatic N) is 12. The van der Waals surface area contributed by atoms with Crippen molar-refractivity contribution in [1.82, 2.24) is 56.3 Å². The average Bonchev–Trinajstić information content (AvgIpc) is 3.38. The first kappa shape index (κ1) is 66.9. The molecule has 0 amide bonds. The van der Waals surface area contributed by atoms with Crippen molar-refractivity contribution in [2.24, 2.45) is 0 Å². The molecule has 4 heterocycles. The molecule has 1 aromatic carbocycles. The number of carbonyl (C=O) groups excluding carboxylic acids is 3. The molecule has 2 atom stereocenters. The van der Waals surface area contributed by atoms with Crippen LogP contribution in [0, 0.1) is 0 Å². The molecule has 0 radical (unpaired) electrons. The van der Waals surface area contributed by atoms with Crippen molar-refractivity contribution < 1.29 is 121 Å². The minimum atomic E-state index is -5.06. The minimum absolute atomic E-state index is 0.00469. The summed E-state index contributed by atoms with van der Waals surface area (Å²) in [7, 11) is -3.73. The number of benzene rings is 1. The van der Waals surface area contributed by atoms with Crippen LogP contribution >= 0.6 is 0 Å². The third kappa shape index (κ3) is 21.7. The number of methoxy groups -OCH3 is 1. The lowest BCUT2D eigenvalue weighted by molar-refractivity contribution is -0.493. The number of unbranched alkanes of at least 4 members (excludes halogenated alkanes) is 1. The summed E-state index contributed by atoms with van der Waals surface area (Å²) in [5.74, 6) is -2.17. The van der Waals surface area contributed by atoms with Crippen LogP contribution in [0.3, 0.4) is 0 Å². The first-order valence-electron chi connectivity index (χ1n) is 24.9. The average molecular weight is 1220 g/mol. The van der Waals surface area contributed by atoms with E-state index < -0.39 is 99.4 Å². The lowest BCUT2D eigenvalue weighted by Crippen LogP contribution is -2.43. The topological polar surface area (TPSA) is 444 Å². The standard InChI is InChI=1S/C46H62N12O25S/c1-30(2)34-12-13-38(48-29-34)84(68,69)55(32(4)82-46(61)77-23-19-72-21-27-80-58(66)67)42-39(83-37-11-7-6-10-36(37)70-5)43(73-24-25-75-44(59)74-16-8-9-17-78-56(62)63)50-40(49-42)33-14-15-47-35(28-33)41-51-52-53-54(41)31(3)81-45(60)76-22-18-71-20-26-79-57(64)65/h6-7,10-15,28-32,62-67H,8-9,16-27H2,1-5H3. The second-order valence-corrected chi connectivity index (χ2v) is 18.4. The lowest BCUT2D eigenvalue weighted by Gasteiger charge is -2.30. The number of hydrogen-bond acceptors (Lipinski definition) is 35. The van der Waals surface area contributed by atoms with Crippen LogP contribution in [0.4, 0.5) is 20.2 Å². The molecule has 5 aromatic rings. The first-order valence-corrected chi connectivity index (χ1v) is 26.4. The van der Waals surface area contributed by atoms with Gasteiger partial charge in [0.25, 0.3) is 15.9 Å². The summed E-state index contributed by atoms with van der Waals surface area (Å²) in [6, 6.07) is 11.7.